The summed E-state index contributed by atoms with van der Waals surface area (Å²) >= 11 is 5.18. The molecule has 29 heavy (non-hydrogen) atoms. The second kappa shape index (κ2) is 8.15. The quantitative estimate of drug-likeness (QED) is 0.384. The molecule has 4 N–H and O–H groups in total. The van der Waals surface area contributed by atoms with Crippen molar-refractivity contribution >= 4 is 45.7 Å². The lowest BCUT2D eigenvalue weighted by atomic mass is 10.1. The van der Waals surface area contributed by atoms with Gasteiger partial charge < -0.3 is 20.3 Å². The summed E-state index contributed by atoms with van der Waals surface area (Å²) < 4.78 is 5.33. The summed E-state index contributed by atoms with van der Waals surface area (Å²) in [6.07, 6.45) is 0. The predicted molar refractivity (Wildman–Crippen MR) is 114 cm³/mol. The van der Waals surface area contributed by atoms with Crippen LogP contribution in [0.15, 0.2) is 48.5 Å². The van der Waals surface area contributed by atoms with Gasteiger partial charge >= 0.3 is 5.97 Å². The van der Waals surface area contributed by atoms with Crippen molar-refractivity contribution < 1.29 is 24.5 Å². The van der Waals surface area contributed by atoms with Gasteiger partial charge in [0.2, 0.25) is 0 Å². The highest BCUT2D eigenvalue weighted by molar-refractivity contribution is 7.80. The molecular weight excluding hydrogens is 392 g/mol. The Hall–Kier alpha value is -3.65. The van der Waals surface area contributed by atoms with Gasteiger partial charge in [-0.25, -0.2) is 4.79 Å². The zero-order valence-corrected chi connectivity index (χ0v) is 16.5. The van der Waals surface area contributed by atoms with Crippen molar-refractivity contribution in [3.8, 4) is 11.5 Å². The molecule has 0 radical (unpaired) electrons. The number of hydrogen-bond donors (Lipinski definition) is 4. The monoisotopic (exact) mass is 410 g/mol. The molecule has 0 aliphatic rings. The maximum absolute atomic E-state index is 12.7. The first-order valence-electron chi connectivity index (χ1n) is 8.56. The Balaban J connectivity index is 1.82. The van der Waals surface area contributed by atoms with Crippen LogP contribution < -0.4 is 15.4 Å². The minimum atomic E-state index is -1.27. The molecule has 8 heteroatoms. The number of nitrogens with one attached hydrogen (secondary N) is 2. The molecule has 0 unspecified atom stereocenters. The predicted octanol–water partition coefficient (Wildman–Crippen LogP) is 3.69. The van der Waals surface area contributed by atoms with Crippen LogP contribution in [0.25, 0.3) is 10.8 Å². The molecule has 0 saturated carbocycles. The van der Waals surface area contributed by atoms with Gasteiger partial charge in [-0.05, 0) is 59.7 Å². The van der Waals surface area contributed by atoms with Crippen molar-refractivity contribution in [2.45, 2.75) is 6.92 Å². The number of carboxylic acid groups (broad SMARTS) is 1. The number of phenols is 1. The number of carbonyl (C=O) groups excluding carboxylic acids is 1. The van der Waals surface area contributed by atoms with Crippen LogP contribution in [0.4, 0.5) is 5.69 Å². The number of benzene rings is 3. The van der Waals surface area contributed by atoms with E-state index >= 15 is 0 Å². The van der Waals surface area contributed by atoms with Gasteiger partial charge in [0.25, 0.3) is 5.91 Å². The van der Waals surface area contributed by atoms with E-state index in [0.717, 1.165) is 10.8 Å². The van der Waals surface area contributed by atoms with E-state index in [1.807, 2.05) is 24.3 Å². The molecule has 1 amide bonds. The standard InChI is InChI=1S/C21H18N2O5S/c1-11-7-14(10-16(18(11)24)20(26)27)22-21(29)23-19(25)15-8-12-5-3-4-6-13(12)9-17(15)28-2/h3-10,24H,1-2H3,(H,26,27)(H2,22,23,25,29). The van der Waals surface area contributed by atoms with Crippen molar-refractivity contribution in [1.29, 1.82) is 0 Å². The number of thiocarbonyl (C=S) groups is 1. The number of aromatic hydroxyl groups is 1. The second-order valence-corrected chi connectivity index (χ2v) is 6.71. The molecule has 3 aromatic carbocycles. The number of aryl methyl sites for hydroxylation is 1. The molecule has 0 aliphatic carbocycles. The van der Waals surface area contributed by atoms with Crippen molar-refractivity contribution in [2.75, 3.05) is 12.4 Å². The molecule has 148 valence electrons. The van der Waals surface area contributed by atoms with Gasteiger partial charge in [0, 0.05) is 5.69 Å². The molecule has 0 bridgehead atoms. The Bertz CT molecular complexity index is 1140. The third-order valence-corrected chi connectivity index (χ3v) is 4.53. The number of amides is 1. The van der Waals surface area contributed by atoms with Crippen LogP contribution in [0.1, 0.15) is 26.3 Å². The van der Waals surface area contributed by atoms with Crippen LogP contribution in [-0.4, -0.2) is 34.3 Å². The van der Waals surface area contributed by atoms with Gasteiger partial charge in [0.1, 0.15) is 17.1 Å². The third kappa shape index (κ3) is 4.27. The number of ether oxygens (including phenoxy) is 1. The van der Waals surface area contributed by atoms with Crippen LogP contribution in [0, 0.1) is 6.92 Å². The first-order valence-corrected chi connectivity index (χ1v) is 8.97. The van der Waals surface area contributed by atoms with Crippen LogP contribution in [0.5, 0.6) is 11.5 Å². The molecule has 3 rings (SSSR count). The SMILES string of the molecule is COc1cc2ccccc2cc1C(=O)NC(=S)Nc1cc(C)c(O)c(C(=O)O)c1. The Morgan fingerprint density at radius 2 is 1.69 bits per heavy atom. The van der Waals surface area contributed by atoms with Gasteiger partial charge in [0.15, 0.2) is 5.11 Å². The minimum Gasteiger partial charge on any atom is -0.507 e. The molecule has 3 aromatic rings. The summed E-state index contributed by atoms with van der Waals surface area (Å²) in [7, 11) is 1.48. The minimum absolute atomic E-state index is 0.0216. The van der Waals surface area contributed by atoms with E-state index in [1.165, 1.54) is 19.2 Å². The number of carboxylic acids is 1. The van der Waals surface area contributed by atoms with Crippen molar-refractivity contribution in [1.82, 2.24) is 5.32 Å². The second-order valence-electron chi connectivity index (χ2n) is 6.30. The van der Waals surface area contributed by atoms with Crippen LogP contribution >= 0.6 is 12.2 Å². The Kier molecular flexibility index (Phi) is 5.65. The van der Waals surface area contributed by atoms with Crippen molar-refractivity contribution in [3.05, 3.63) is 65.2 Å². The molecule has 0 atom stereocenters. The zero-order valence-electron chi connectivity index (χ0n) is 15.6. The topological polar surface area (TPSA) is 108 Å². The van der Waals surface area contributed by atoms with Gasteiger partial charge in [0.05, 0.1) is 12.7 Å². The summed E-state index contributed by atoms with van der Waals surface area (Å²) in [4.78, 5) is 24.0. The molecule has 0 fully saturated rings. The van der Waals surface area contributed by atoms with Gasteiger partial charge in [-0.3, -0.25) is 10.1 Å². The summed E-state index contributed by atoms with van der Waals surface area (Å²) in [5.74, 6) is -1.67. The number of aromatic carboxylic acids is 1. The average Bonchev–Trinajstić information content (AvgIpc) is 2.69. The van der Waals surface area contributed by atoms with E-state index in [4.69, 9.17) is 17.0 Å². The summed E-state index contributed by atoms with van der Waals surface area (Å²) in [6, 6.07) is 13.8. The first kappa shape index (κ1) is 20.1. The number of fused-ring (bicyclic) bond motifs is 1. The fraction of sp³-hybridized carbons (Fsp3) is 0.0952. The summed E-state index contributed by atoms with van der Waals surface area (Å²) in [6.45, 7) is 1.56. The first-order chi connectivity index (χ1) is 13.8. The number of hydrogen-bond acceptors (Lipinski definition) is 5. The lowest BCUT2D eigenvalue weighted by Crippen LogP contribution is -2.34. The van der Waals surface area contributed by atoms with Crippen LogP contribution in [0.3, 0.4) is 0 Å². The van der Waals surface area contributed by atoms with E-state index in [9.17, 15) is 19.8 Å². The molecular formula is C21H18N2O5S. The van der Waals surface area contributed by atoms with Gasteiger partial charge in [-0.2, -0.15) is 0 Å². The van der Waals surface area contributed by atoms with E-state index in [1.54, 1.807) is 19.1 Å². The molecule has 0 saturated heterocycles. The molecule has 0 aromatic heterocycles. The summed E-state index contributed by atoms with van der Waals surface area (Å²) in [5, 5.41) is 26.1. The van der Waals surface area contributed by atoms with E-state index in [-0.39, 0.29) is 16.4 Å². The molecule has 7 nitrogen and oxygen atoms in total. The molecule has 0 spiro atoms. The zero-order chi connectivity index (χ0) is 21.1. The fourth-order valence-corrected chi connectivity index (χ4v) is 3.12. The number of rotatable bonds is 4. The van der Waals surface area contributed by atoms with E-state index in [0.29, 0.717) is 22.6 Å². The lowest BCUT2D eigenvalue weighted by Gasteiger charge is -2.14. The molecule has 0 aliphatic heterocycles. The highest BCUT2D eigenvalue weighted by Gasteiger charge is 2.17. The van der Waals surface area contributed by atoms with Crippen LogP contribution in [0.2, 0.25) is 0 Å². The van der Waals surface area contributed by atoms with E-state index < -0.39 is 11.9 Å². The normalized spacial score (nSPS) is 10.4. The third-order valence-electron chi connectivity index (χ3n) is 4.33. The van der Waals surface area contributed by atoms with Crippen LogP contribution in [-0.2, 0) is 0 Å². The number of carbonyl (C=O) groups is 2. The number of methoxy groups -OCH3 is 1. The van der Waals surface area contributed by atoms with Gasteiger partial charge in [-0.15, -0.1) is 0 Å². The Labute approximate surface area is 171 Å². The average molecular weight is 410 g/mol. The van der Waals surface area contributed by atoms with Crippen molar-refractivity contribution in [3.63, 3.8) is 0 Å². The maximum Gasteiger partial charge on any atom is 0.339 e. The fourth-order valence-electron chi connectivity index (χ4n) is 2.91. The smallest absolute Gasteiger partial charge is 0.339 e. The number of anilines is 1. The maximum atomic E-state index is 12.7. The highest BCUT2D eigenvalue weighted by Crippen LogP contribution is 2.27. The van der Waals surface area contributed by atoms with E-state index in [2.05, 4.69) is 10.6 Å². The van der Waals surface area contributed by atoms with Gasteiger partial charge in [-0.1, -0.05) is 24.3 Å². The highest BCUT2D eigenvalue weighted by atomic mass is 32.1. The Morgan fingerprint density at radius 1 is 1.03 bits per heavy atom. The summed E-state index contributed by atoms with van der Waals surface area (Å²) in [5.41, 5.74) is 0.729. The van der Waals surface area contributed by atoms with Crippen molar-refractivity contribution in [2.24, 2.45) is 0 Å². The lowest BCUT2D eigenvalue weighted by molar-refractivity contribution is 0.0693. The largest absolute Gasteiger partial charge is 0.507 e. The Morgan fingerprint density at radius 3 is 2.31 bits per heavy atom. The molecule has 0 heterocycles.